The molecule has 0 saturated heterocycles. The molecular formula is C27H32N2O7S. The summed E-state index contributed by atoms with van der Waals surface area (Å²) in [5, 5.41) is 5.74. The summed E-state index contributed by atoms with van der Waals surface area (Å²) in [6.07, 6.45) is 1.14. The first-order valence-corrected chi connectivity index (χ1v) is 13.5. The average Bonchev–Trinajstić information content (AvgIpc) is 2.87. The van der Waals surface area contributed by atoms with Crippen molar-refractivity contribution in [2.45, 2.75) is 20.5 Å². The molecule has 0 aliphatic rings. The van der Waals surface area contributed by atoms with Crippen LogP contribution in [0.4, 0.5) is 11.4 Å². The van der Waals surface area contributed by atoms with Crippen LogP contribution in [0.5, 0.6) is 23.0 Å². The molecule has 0 aromatic heterocycles. The van der Waals surface area contributed by atoms with E-state index < -0.39 is 15.7 Å². The zero-order chi connectivity index (χ0) is 27.2. The van der Waals surface area contributed by atoms with Gasteiger partial charge in [0.1, 0.15) is 18.2 Å². The van der Waals surface area contributed by atoms with E-state index in [1.54, 1.807) is 30.3 Å². The quantitative estimate of drug-likeness (QED) is 0.372. The molecular weight excluding hydrogens is 496 g/mol. The van der Waals surface area contributed by atoms with Gasteiger partial charge < -0.3 is 29.6 Å². The highest BCUT2D eigenvalue weighted by molar-refractivity contribution is 7.90. The summed E-state index contributed by atoms with van der Waals surface area (Å²) >= 11 is 0. The van der Waals surface area contributed by atoms with Gasteiger partial charge in [-0.05, 0) is 49.2 Å². The van der Waals surface area contributed by atoms with Crippen LogP contribution >= 0.6 is 0 Å². The summed E-state index contributed by atoms with van der Waals surface area (Å²) in [6.45, 7) is 4.27. The maximum Gasteiger partial charge on any atom is 0.255 e. The van der Waals surface area contributed by atoms with E-state index in [9.17, 15) is 13.2 Å². The fourth-order valence-corrected chi connectivity index (χ4v) is 4.02. The van der Waals surface area contributed by atoms with Crippen molar-refractivity contribution in [2.75, 3.05) is 44.1 Å². The number of carbonyl (C=O) groups is 1. The van der Waals surface area contributed by atoms with E-state index in [0.29, 0.717) is 39.9 Å². The summed E-state index contributed by atoms with van der Waals surface area (Å²) in [5.74, 6) is 0.813. The van der Waals surface area contributed by atoms with Gasteiger partial charge in [-0.15, -0.1) is 0 Å². The largest absolute Gasteiger partial charge is 0.493 e. The summed E-state index contributed by atoms with van der Waals surface area (Å²) in [7, 11) is 1.16. The maximum absolute atomic E-state index is 13.1. The predicted octanol–water partition coefficient (Wildman–Crippen LogP) is 4.57. The van der Waals surface area contributed by atoms with E-state index in [-0.39, 0.29) is 12.5 Å². The van der Waals surface area contributed by atoms with Crippen molar-refractivity contribution in [3.05, 3.63) is 70.8 Å². The minimum Gasteiger partial charge on any atom is -0.493 e. The lowest BCUT2D eigenvalue weighted by atomic mass is 10.1. The molecule has 3 aromatic carbocycles. The Morgan fingerprint density at radius 3 is 2.14 bits per heavy atom. The van der Waals surface area contributed by atoms with E-state index in [0.717, 1.165) is 22.9 Å². The number of hydrogen-bond acceptors (Lipinski definition) is 8. The number of benzene rings is 3. The summed E-state index contributed by atoms with van der Waals surface area (Å²) < 4.78 is 45.5. The lowest BCUT2D eigenvalue weighted by molar-refractivity contribution is 0.102. The van der Waals surface area contributed by atoms with E-state index in [2.05, 4.69) is 10.6 Å². The molecule has 0 atom stereocenters. The van der Waals surface area contributed by atoms with E-state index in [1.165, 1.54) is 21.3 Å². The Labute approximate surface area is 217 Å². The lowest BCUT2D eigenvalue weighted by Crippen LogP contribution is -2.15. The standard InChI is InChI=1S/C27H32N2O7S/c1-17-7-8-18(2)20(11-17)15-36-23-14-21(9-10-22(23)28-16-37(6,31)32)29-27(30)19-12-24(33-3)26(35-5)25(13-19)34-4/h7-14,28H,15-16H2,1-6H3,(H,29,30). The third-order valence-corrected chi connectivity index (χ3v) is 6.25. The lowest BCUT2D eigenvalue weighted by Gasteiger charge is -2.17. The number of carbonyl (C=O) groups excluding carboxylic acids is 1. The van der Waals surface area contributed by atoms with E-state index in [4.69, 9.17) is 18.9 Å². The van der Waals surface area contributed by atoms with Crippen LogP contribution in [-0.4, -0.2) is 47.8 Å². The van der Waals surface area contributed by atoms with Crippen molar-refractivity contribution >= 4 is 27.1 Å². The van der Waals surface area contributed by atoms with Gasteiger partial charge in [0.2, 0.25) is 5.75 Å². The molecule has 0 unspecified atom stereocenters. The first kappa shape index (κ1) is 27.7. The van der Waals surface area contributed by atoms with Gasteiger partial charge in [-0.25, -0.2) is 8.42 Å². The highest BCUT2D eigenvalue weighted by Crippen LogP contribution is 2.38. The third kappa shape index (κ3) is 7.29. The van der Waals surface area contributed by atoms with E-state index >= 15 is 0 Å². The van der Waals surface area contributed by atoms with Gasteiger partial charge in [-0.2, -0.15) is 0 Å². The number of methoxy groups -OCH3 is 3. The number of amides is 1. The SMILES string of the molecule is COc1cc(C(=O)Nc2ccc(NCS(C)(=O)=O)c(OCc3cc(C)ccc3C)c2)cc(OC)c1OC. The number of hydrogen-bond donors (Lipinski definition) is 2. The fraction of sp³-hybridized carbons (Fsp3) is 0.296. The van der Waals surface area contributed by atoms with Gasteiger partial charge >= 0.3 is 0 Å². The normalized spacial score (nSPS) is 11.0. The van der Waals surface area contributed by atoms with Crippen LogP contribution < -0.4 is 29.6 Å². The molecule has 3 rings (SSSR count). The molecule has 0 aliphatic heterocycles. The molecule has 37 heavy (non-hydrogen) atoms. The van der Waals surface area contributed by atoms with Crippen LogP contribution in [0.25, 0.3) is 0 Å². The molecule has 0 spiro atoms. The molecule has 0 bridgehead atoms. The average molecular weight is 529 g/mol. The highest BCUT2D eigenvalue weighted by Gasteiger charge is 2.18. The molecule has 2 N–H and O–H groups in total. The van der Waals surface area contributed by atoms with E-state index in [1.807, 2.05) is 32.0 Å². The number of rotatable bonds is 11. The summed E-state index contributed by atoms with van der Waals surface area (Å²) in [6, 6.07) is 14.1. The van der Waals surface area contributed by atoms with Crippen LogP contribution in [0.3, 0.4) is 0 Å². The molecule has 0 saturated carbocycles. The van der Waals surface area contributed by atoms with Gasteiger partial charge in [-0.3, -0.25) is 4.79 Å². The third-order valence-electron chi connectivity index (χ3n) is 5.58. The van der Waals surface area contributed by atoms with Crippen LogP contribution in [0.1, 0.15) is 27.0 Å². The van der Waals surface area contributed by atoms with Crippen LogP contribution in [0, 0.1) is 13.8 Å². The van der Waals surface area contributed by atoms with Gasteiger partial charge in [-0.1, -0.05) is 23.8 Å². The number of anilines is 2. The first-order chi connectivity index (χ1) is 17.5. The Bertz CT molecular complexity index is 1360. The Balaban J connectivity index is 1.89. The second kappa shape index (κ2) is 11.9. The van der Waals surface area contributed by atoms with Crippen LogP contribution in [-0.2, 0) is 16.4 Å². The van der Waals surface area contributed by atoms with Crippen LogP contribution in [0.2, 0.25) is 0 Å². The molecule has 10 heteroatoms. The minimum atomic E-state index is -3.27. The monoisotopic (exact) mass is 528 g/mol. The molecule has 0 radical (unpaired) electrons. The Hall–Kier alpha value is -3.92. The molecule has 1 amide bonds. The second-order valence-electron chi connectivity index (χ2n) is 8.54. The highest BCUT2D eigenvalue weighted by atomic mass is 32.2. The van der Waals surface area contributed by atoms with Gasteiger partial charge in [0.25, 0.3) is 5.91 Å². The Morgan fingerprint density at radius 2 is 1.54 bits per heavy atom. The second-order valence-corrected chi connectivity index (χ2v) is 10.7. The number of sulfone groups is 1. The smallest absolute Gasteiger partial charge is 0.255 e. The maximum atomic E-state index is 13.1. The van der Waals surface area contributed by atoms with Gasteiger partial charge in [0.15, 0.2) is 21.3 Å². The van der Waals surface area contributed by atoms with Gasteiger partial charge in [0, 0.05) is 23.6 Å². The number of aryl methyl sites for hydroxylation is 2. The van der Waals surface area contributed by atoms with Crippen molar-refractivity contribution in [1.82, 2.24) is 0 Å². The Morgan fingerprint density at radius 1 is 0.865 bits per heavy atom. The Kier molecular flexibility index (Phi) is 8.88. The van der Waals surface area contributed by atoms with Crippen molar-refractivity contribution in [2.24, 2.45) is 0 Å². The molecule has 3 aromatic rings. The van der Waals surface area contributed by atoms with Gasteiger partial charge in [0.05, 0.1) is 27.0 Å². The molecule has 9 nitrogen and oxygen atoms in total. The zero-order valence-corrected chi connectivity index (χ0v) is 22.6. The van der Waals surface area contributed by atoms with Crippen molar-refractivity contribution < 1.29 is 32.2 Å². The molecule has 0 aliphatic carbocycles. The molecule has 0 heterocycles. The number of nitrogens with one attached hydrogen (secondary N) is 2. The van der Waals surface area contributed by atoms with Crippen molar-refractivity contribution in [3.8, 4) is 23.0 Å². The van der Waals surface area contributed by atoms with Crippen molar-refractivity contribution in [1.29, 1.82) is 0 Å². The number of ether oxygens (including phenoxy) is 4. The molecule has 0 fully saturated rings. The van der Waals surface area contributed by atoms with Crippen molar-refractivity contribution in [3.63, 3.8) is 0 Å². The predicted molar refractivity (Wildman–Crippen MR) is 144 cm³/mol. The molecule has 198 valence electrons. The minimum absolute atomic E-state index is 0.260. The zero-order valence-electron chi connectivity index (χ0n) is 21.8. The fourth-order valence-electron chi connectivity index (χ4n) is 3.60. The summed E-state index contributed by atoms with van der Waals surface area (Å²) in [5.41, 5.74) is 4.42. The van der Waals surface area contributed by atoms with Crippen LogP contribution in [0.15, 0.2) is 48.5 Å². The first-order valence-electron chi connectivity index (χ1n) is 11.4. The summed E-state index contributed by atoms with van der Waals surface area (Å²) in [4.78, 5) is 13.1. The topological polar surface area (TPSA) is 112 Å².